The predicted molar refractivity (Wildman–Crippen MR) is 82.5 cm³/mol. The number of anilines is 2. The molecule has 0 atom stereocenters. The molecule has 0 aromatic heterocycles. The van der Waals surface area contributed by atoms with Crippen LogP contribution < -0.4 is 10.5 Å². The third-order valence-corrected chi connectivity index (χ3v) is 4.84. The molecule has 2 aromatic carbocycles. The Bertz CT molecular complexity index is 787. The smallest absolute Gasteiger partial charge is 0.264 e. The molecule has 2 aromatic rings. The third-order valence-electron chi connectivity index (χ3n) is 3.11. The van der Waals surface area contributed by atoms with E-state index in [2.05, 4.69) is 4.72 Å². The van der Waals surface area contributed by atoms with E-state index in [0.29, 0.717) is 0 Å². The van der Waals surface area contributed by atoms with Gasteiger partial charge in [-0.25, -0.2) is 12.8 Å². The summed E-state index contributed by atoms with van der Waals surface area (Å²) in [5, 5.41) is -0.0269. The van der Waals surface area contributed by atoms with Gasteiger partial charge in [0.1, 0.15) is 16.4 Å². The van der Waals surface area contributed by atoms with Gasteiger partial charge in [0.05, 0.1) is 10.7 Å². The number of benzene rings is 2. The van der Waals surface area contributed by atoms with E-state index >= 15 is 0 Å². The Morgan fingerprint density at radius 1 is 1.19 bits per heavy atom. The van der Waals surface area contributed by atoms with Gasteiger partial charge in [-0.3, -0.25) is 4.72 Å². The first-order valence-electron chi connectivity index (χ1n) is 6.06. The summed E-state index contributed by atoms with van der Waals surface area (Å²) in [6, 6.07) is 6.91. The minimum Gasteiger partial charge on any atom is -0.398 e. The number of nitrogen functional groups attached to an aromatic ring is 1. The quantitative estimate of drug-likeness (QED) is 0.847. The van der Waals surface area contributed by atoms with Crippen LogP contribution in [0.4, 0.5) is 15.8 Å². The molecule has 0 aliphatic rings. The Kier molecular flexibility index (Phi) is 4.11. The van der Waals surface area contributed by atoms with Crippen molar-refractivity contribution in [2.45, 2.75) is 18.7 Å². The molecule has 0 fully saturated rings. The molecule has 0 unspecified atom stereocenters. The number of nitrogens with one attached hydrogen (secondary N) is 1. The normalized spacial score (nSPS) is 11.4. The SMILES string of the molecule is Cc1cc(N)c(S(=O)(=O)Nc2c(F)cccc2Cl)cc1C. The van der Waals surface area contributed by atoms with Crippen LogP contribution in [0.25, 0.3) is 0 Å². The number of rotatable bonds is 3. The predicted octanol–water partition coefficient (Wildman–Crippen LogP) is 3.48. The van der Waals surface area contributed by atoms with Crippen molar-refractivity contribution < 1.29 is 12.8 Å². The second-order valence-electron chi connectivity index (χ2n) is 4.68. The highest BCUT2D eigenvalue weighted by atomic mass is 35.5. The van der Waals surface area contributed by atoms with Gasteiger partial charge in [-0.15, -0.1) is 0 Å². The lowest BCUT2D eigenvalue weighted by atomic mass is 10.1. The first kappa shape index (κ1) is 15.6. The van der Waals surface area contributed by atoms with Gasteiger partial charge in [-0.1, -0.05) is 17.7 Å². The van der Waals surface area contributed by atoms with Gasteiger partial charge in [0.25, 0.3) is 10.0 Å². The summed E-state index contributed by atoms with van der Waals surface area (Å²) < 4.78 is 40.6. The van der Waals surface area contributed by atoms with Crippen molar-refractivity contribution in [3.63, 3.8) is 0 Å². The lowest BCUT2D eigenvalue weighted by Gasteiger charge is -2.13. The monoisotopic (exact) mass is 328 g/mol. The molecule has 21 heavy (non-hydrogen) atoms. The Morgan fingerprint density at radius 3 is 2.43 bits per heavy atom. The molecule has 0 aliphatic heterocycles. The second kappa shape index (κ2) is 5.54. The largest absolute Gasteiger partial charge is 0.398 e. The highest BCUT2D eigenvalue weighted by molar-refractivity contribution is 7.92. The van der Waals surface area contributed by atoms with Crippen LogP contribution in [0.3, 0.4) is 0 Å². The van der Waals surface area contributed by atoms with Gasteiger partial charge in [0.2, 0.25) is 0 Å². The fourth-order valence-electron chi connectivity index (χ4n) is 1.83. The Morgan fingerprint density at radius 2 is 1.81 bits per heavy atom. The van der Waals surface area contributed by atoms with E-state index in [-0.39, 0.29) is 21.3 Å². The highest BCUT2D eigenvalue weighted by Gasteiger charge is 2.21. The minimum atomic E-state index is -4.03. The zero-order valence-electron chi connectivity index (χ0n) is 11.4. The molecule has 4 nitrogen and oxygen atoms in total. The Labute approximate surface area is 127 Å². The van der Waals surface area contributed by atoms with Gasteiger partial charge < -0.3 is 5.73 Å². The third kappa shape index (κ3) is 3.11. The summed E-state index contributed by atoms with van der Waals surface area (Å²) in [6.45, 7) is 3.59. The zero-order valence-corrected chi connectivity index (χ0v) is 13.0. The second-order valence-corrected chi connectivity index (χ2v) is 6.73. The van der Waals surface area contributed by atoms with E-state index in [1.165, 1.54) is 18.2 Å². The molecule has 3 N–H and O–H groups in total. The molecule has 7 heteroatoms. The van der Waals surface area contributed by atoms with E-state index in [1.54, 1.807) is 13.0 Å². The van der Waals surface area contributed by atoms with Gasteiger partial charge in [0.15, 0.2) is 0 Å². The summed E-state index contributed by atoms with van der Waals surface area (Å²) in [5.41, 5.74) is 7.20. The molecule has 0 saturated carbocycles. The lowest BCUT2D eigenvalue weighted by molar-refractivity contribution is 0.599. The van der Waals surface area contributed by atoms with Crippen molar-refractivity contribution in [1.29, 1.82) is 0 Å². The molecule has 0 radical (unpaired) electrons. The van der Waals surface area contributed by atoms with Crippen LogP contribution in [0.1, 0.15) is 11.1 Å². The van der Waals surface area contributed by atoms with E-state index in [9.17, 15) is 12.8 Å². The fraction of sp³-hybridized carbons (Fsp3) is 0.143. The molecule has 0 aliphatic carbocycles. The number of hydrogen-bond acceptors (Lipinski definition) is 3. The Balaban J connectivity index is 2.51. The standard InChI is InChI=1S/C14H14ClFN2O2S/c1-8-6-12(17)13(7-9(8)2)21(19,20)18-14-10(15)4-3-5-11(14)16/h3-7,18H,17H2,1-2H3. The Hall–Kier alpha value is -1.79. The summed E-state index contributed by atoms with van der Waals surface area (Å²) in [7, 11) is -4.03. The lowest BCUT2D eigenvalue weighted by Crippen LogP contribution is -2.16. The van der Waals surface area contributed by atoms with Gasteiger partial charge in [-0.05, 0) is 49.2 Å². The van der Waals surface area contributed by atoms with Crippen LogP contribution in [-0.2, 0) is 10.0 Å². The zero-order chi connectivity index (χ0) is 15.8. The summed E-state index contributed by atoms with van der Waals surface area (Å²) in [4.78, 5) is -0.107. The molecule has 0 spiro atoms. The van der Waals surface area contributed by atoms with Gasteiger partial charge >= 0.3 is 0 Å². The number of para-hydroxylation sites is 1. The fourth-order valence-corrected chi connectivity index (χ4v) is 3.38. The molecule has 0 heterocycles. The van der Waals surface area contributed by atoms with Crippen molar-refractivity contribution in [3.8, 4) is 0 Å². The maximum atomic E-state index is 13.7. The van der Waals surface area contributed by atoms with Gasteiger partial charge in [-0.2, -0.15) is 0 Å². The van der Waals surface area contributed by atoms with Crippen molar-refractivity contribution >= 4 is 33.0 Å². The van der Waals surface area contributed by atoms with Crippen molar-refractivity contribution in [2.75, 3.05) is 10.5 Å². The summed E-state index contributed by atoms with van der Waals surface area (Å²) >= 11 is 5.82. The summed E-state index contributed by atoms with van der Waals surface area (Å²) in [6.07, 6.45) is 0. The average molecular weight is 329 g/mol. The average Bonchev–Trinajstić information content (AvgIpc) is 2.38. The van der Waals surface area contributed by atoms with E-state index in [0.717, 1.165) is 17.2 Å². The maximum Gasteiger partial charge on any atom is 0.264 e. The number of aryl methyl sites for hydroxylation is 2. The molecule has 0 saturated heterocycles. The maximum absolute atomic E-state index is 13.7. The number of hydrogen-bond donors (Lipinski definition) is 2. The molecule has 112 valence electrons. The first-order valence-corrected chi connectivity index (χ1v) is 7.92. The van der Waals surface area contributed by atoms with Crippen molar-refractivity contribution in [3.05, 3.63) is 52.3 Å². The topological polar surface area (TPSA) is 72.2 Å². The van der Waals surface area contributed by atoms with Crippen LogP contribution in [-0.4, -0.2) is 8.42 Å². The molecule has 2 rings (SSSR count). The van der Waals surface area contributed by atoms with Crippen molar-refractivity contribution in [2.24, 2.45) is 0 Å². The van der Waals surface area contributed by atoms with Crippen LogP contribution in [0.2, 0.25) is 5.02 Å². The molecular formula is C14H14ClFN2O2S. The molecule has 0 bridgehead atoms. The van der Waals surface area contributed by atoms with Crippen molar-refractivity contribution in [1.82, 2.24) is 0 Å². The van der Waals surface area contributed by atoms with E-state index < -0.39 is 15.8 Å². The van der Waals surface area contributed by atoms with Crippen LogP contribution >= 0.6 is 11.6 Å². The van der Waals surface area contributed by atoms with Crippen LogP contribution in [0.5, 0.6) is 0 Å². The van der Waals surface area contributed by atoms with Crippen LogP contribution in [0, 0.1) is 19.7 Å². The number of sulfonamides is 1. The number of nitrogens with two attached hydrogens (primary N) is 1. The minimum absolute atomic E-state index is 0.0269. The van der Waals surface area contributed by atoms with Crippen LogP contribution in [0.15, 0.2) is 35.2 Å². The number of halogens is 2. The summed E-state index contributed by atoms with van der Waals surface area (Å²) in [5.74, 6) is -0.756. The van der Waals surface area contributed by atoms with Gasteiger partial charge in [0, 0.05) is 0 Å². The van der Waals surface area contributed by atoms with E-state index in [1.807, 2.05) is 6.92 Å². The first-order chi connectivity index (χ1) is 9.72. The highest BCUT2D eigenvalue weighted by Crippen LogP contribution is 2.29. The molecular weight excluding hydrogens is 315 g/mol. The molecule has 0 amide bonds. The van der Waals surface area contributed by atoms with E-state index in [4.69, 9.17) is 17.3 Å².